The van der Waals surface area contributed by atoms with Crippen LogP contribution in [-0.2, 0) is 4.79 Å². The zero-order valence-corrected chi connectivity index (χ0v) is 10.9. The first-order valence-electron chi connectivity index (χ1n) is 6.60. The molecule has 0 aromatic rings. The van der Waals surface area contributed by atoms with Crippen LogP contribution in [0.5, 0.6) is 0 Å². The van der Waals surface area contributed by atoms with Crippen LogP contribution in [-0.4, -0.2) is 29.1 Å². The Morgan fingerprint density at radius 1 is 1.19 bits per heavy atom. The van der Waals surface area contributed by atoms with Crippen LogP contribution < -0.4 is 5.32 Å². The summed E-state index contributed by atoms with van der Waals surface area (Å²) < 4.78 is 0. The van der Waals surface area contributed by atoms with Crippen LogP contribution in [0.2, 0.25) is 0 Å². The molecular formula is C13H24N2O. The molecule has 0 aromatic heterocycles. The van der Waals surface area contributed by atoms with Crippen LogP contribution >= 0.6 is 0 Å². The fourth-order valence-electron chi connectivity index (χ4n) is 3.32. The lowest BCUT2D eigenvalue weighted by Crippen LogP contribution is -2.49. The summed E-state index contributed by atoms with van der Waals surface area (Å²) in [5, 5.41) is 3.33. The summed E-state index contributed by atoms with van der Waals surface area (Å²) in [7, 11) is 0. The summed E-state index contributed by atoms with van der Waals surface area (Å²) in [5.74, 6) is 1.67. The van der Waals surface area contributed by atoms with Gasteiger partial charge in [-0.3, -0.25) is 10.1 Å². The second-order valence-corrected chi connectivity index (χ2v) is 5.64. The molecule has 1 aliphatic carbocycles. The largest absolute Gasteiger partial charge is 0.323 e. The van der Waals surface area contributed by atoms with Crippen molar-refractivity contribution in [1.82, 2.24) is 10.2 Å². The van der Waals surface area contributed by atoms with Gasteiger partial charge in [0.25, 0.3) is 0 Å². The third-order valence-corrected chi connectivity index (χ3v) is 4.55. The van der Waals surface area contributed by atoms with Gasteiger partial charge in [0.2, 0.25) is 5.91 Å². The summed E-state index contributed by atoms with van der Waals surface area (Å²) in [4.78, 5) is 14.2. The van der Waals surface area contributed by atoms with Gasteiger partial charge in [0.15, 0.2) is 0 Å². The minimum Gasteiger partial charge on any atom is -0.323 e. The summed E-state index contributed by atoms with van der Waals surface area (Å²) >= 11 is 0. The van der Waals surface area contributed by atoms with Gasteiger partial charge in [0.1, 0.15) is 0 Å². The maximum absolute atomic E-state index is 12.1. The lowest BCUT2D eigenvalue weighted by atomic mass is 9.77. The minimum atomic E-state index is -0.000525. The fourth-order valence-corrected chi connectivity index (χ4v) is 3.32. The van der Waals surface area contributed by atoms with Crippen LogP contribution in [0.1, 0.15) is 47.0 Å². The monoisotopic (exact) mass is 224 g/mol. The van der Waals surface area contributed by atoms with Gasteiger partial charge in [-0.2, -0.15) is 0 Å². The summed E-state index contributed by atoms with van der Waals surface area (Å²) in [6, 6.07) is 0.447. The van der Waals surface area contributed by atoms with Crippen LogP contribution in [0.4, 0.5) is 0 Å². The van der Waals surface area contributed by atoms with Crippen LogP contribution in [0, 0.1) is 11.8 Å². The normalized spacial score (nSPS) is 45.1. The first-order valence-corrected chi connectivity index (χ1v) is 6.60. The minimum absolute atomic E-state index is 0.000525. The molecule has 5 unspecified atom stereocenters. The van der Waals surface area contributed by atoms with E-state index in [9.17, 15) is 4.79 Å². The van der Waals surface area contributed by atoms with Gasteiger partial charge in [-0.15, -0.1) is 0 Å². The van der Waals surface area contributed by atoms with Crippen molar-refractivity contribution in [2.24, 2.45) is 11.8 Å². The Balaban J connectivity index is 2.14. The Labute approximate surface area is 98.6 Å². The maximum Gasteiger partial charge on any atom is 0.240 e. The molecule has 2 aliphatic rings. The van der Waals surface area contributed by atoms with Gasteiger partial charge >= 0.3 is 0 Å². The smallest absolute Gasteiger partial charge is 0.240 e. The SMILES string of the molecule is CC1NC(C)N(C2CCCC(C)C2C)C1=O. The first kappa shape index (κ1) is 11.9. The molecule has 1 amide bonds. The van der Waals surface area contributed by atoms with Gasteiger partial charge in [0, 0.05) is 6.04 Å². The van der Waals surface area contributed by atoms with Crippen molar-refractivity contribution in [2.75, 3.05) is 0 Å². The topological polar surface area (TPSA) is 32.3 Å². The highest BCUT2D eigenvalue weighted by Crippen LogP contribution is 2.34. The van der Waals surface area contributed by atoms with Crippen molar-refractivity contribution in [3.8, 4) is 0 Å². The van der Waals surface area contributed by atoms with Gasteiger partial charge in [-0.25, -0.2) is 0 Å². The molecule has 5 atom stereocenters. The van der Waals surface area contributed by atoms with E-state index in [4.69, 9.17) is 0 Å². The molecule has 0 radical (unpaired) electrons. The van der Waals surface area contributed by atoms with E-state index in [0.29, 0.717) is 17.9 Å². The molecule has 1 N–H and O–H groups in total. The Bertz CT molecular complexity index is 279. The van der Waals surface area contributed by atoms with Crippen LogP contribution in [0.15, 0.2) is 0 Å². The lowest BCUT2D eigenvalue weighted by Gasteiger charge is -2.41. The number of hydrogen-bond acceptors (Lipinski definition) is 2. The summed E-state index contributed by atoms with van der Waals surface area (Å²) in [6.45, 7) is 8.69. The van der Waals surface area contributed by atoms with Crippen molar-refractivity contribution in [3.63, 3.8) is 0 Å². The van der Waals surface area contributed by atoms with E-state index in [0.717, 1.165) is 5.92 Å². The van der Waals surface area contributed by atoms with Crippen molar-refractivity contribution >= 4 is 5.91 Å². The van der Waals surface area contributed by atoms with Crippen molar-refractivity contribution in [1.29, 1.82) is 0 Å². The van der Waals surface area contributed by atoms with E-state index in [1.807, 2.05) is 6.92 Å². The zero-order valence-electron chi connectivity index (χ0n) is 10.9. The number of nitrogens with zero attached hydrogens (tertiary/aromatic N) is 1. The average Bonchev–Trinajstić information content (AvgIpc) is 2.47. The Kier molecular flexibility index (Phi) is 3.24. The van der Waals surface area contributed by atoms with Crippen LogP contribution in [0.25, 0.3) is 0 Å². The number of rotatable bonds is 1. The predicted molar refractivity (Wildman–Crippen MR) is 64.9 cm³/mol. The molecular weight excluding hydrogens is 200 g/mol. The predicted octanol–water partition coefficient (Wildman–Crippen LogP) is 1.98. The van der Waals surface area contributed by atoms with E-state index in [-0.39, 0.29) is 12.2 Å². The number of carbonyl (C=O) groups excluding carboxylic acids is 1. The first-order chi connectivity index (χ1) is 7.52. The summed E-state index contributed by atoms with van der Waals surface area (Å²) in [6.07, 6.45) is 3.97. The molecule has 0 aromatic carbocycles. The molecule has 16 heavy (non-hydrogen) atoms. The molecule has 3 nitrogen and oxygen atoms in total. The molecule has 0 bridgehead atoms. The Hall–Kier alpha value is -0.570. The number of amides is 1. The van der Waals surface area contributed by atoms with Crippen molar-refractivity contribution in [3.05, 3.63) is 0 Å². The number of carbonyl (C=O) groups is 1. The Morgan fingerprint density at radius 3 is 2.44 bits per heavy atom. The average molecular weight is 224 g/mol. The molecule has 2 fully saturated rings. The Morgan fingerprint density at radius 2 is 1.88 bits per heavy atom. The highest BCUT2D eigenvalue weighted by Gasteiger charge is 2.41. The fraction of sp³-hybridized carbons (Fsp3) is 0.923. The number of nitrogens with one attached hydrogen (secondary N) is 1. The van der Waals surface area contributed by atoms with Crippen molar-refractivity contribution in [2.45, 2.75) is 65.2 Å². The molecule has 2 rings (SSSR count). The number of hydrogen-bond donors (Lipinski definition) is 1. The van der Waals surface area contributed by atoms with Crippen molar-refractivity contribution < 1.29 is 4.79 Å². The standard InChI is InChI=1S/C13H24N2O/c1-8-6-5-7-12(9(8)2)15-11(4)14-10(3)13(15)16/h8-12,14H,5-7H2,1-4H3. The third kappa shape index (κ3) is 1.86. The van der Waals surface area contributed by atoms with Gasteiger partial charge in [-0.05, 0) is 32.1 Å². The molecule has 0 spiro atoms. The second-order valence-electron chi connectivity index (χ2n) is 5.64. The second kappa shape index (κ2) is 4.36. The van der Waals surface area contributed by atoms with Gasteiger partial charge < -0.3 is 4.90 Å². The maximum atomic E-state index is 12.1. The highest BCUT2D eigenvalue weighted by atomic mass is 16.2. The third-order valence-electron chi connectivity index (χ3n) is 4.55. The van der Waals surface area contributed by atoms with E-state index < -0.39 is 0 Å². The van der Waals surface area contributed by atoms with Gasteiger partial charge in [-0.1, -0.05) is 26.7 Å². The quantitative estimate of drug-likeness (QED) is 0.738. The zero-order chi connectivity index (χ0) is 11.9. The molecule has 1 saturated heterocycles. The van der Waals surface area contributed by atoms with E-state index in [1.165, 1.54) is 19.3 Å². The molecule has 3 heteroatoms. The van der Waals surface area contributed by atoms with Crippen LogP contribution in [0.3, 0.4) is 0 Å². The van der Waals surface area contributed by atoms with E-state index in [2.05, 4.69) is 31.0 Å². The molecule has 92 valence electrons. The van der Waals surface area contributed by atoms with E-state index in [1.54, 1.807) is 0 Å². The molecule has 1 saturated carbocycles. The van der Waals surface area contributed by atoms with E-state index >= 15 is 0 Å². The molecule has 1 heterocycles. The van der Waals surface area contributed by atoms with Gasteiger partial charge in [0.05, 0.1) is 12.2 Å². The lowest BCUT2D eigenvalue weighted by molar-refractivity contribution is -0.134. The highest BCUT2D eigenvalue weighted by molar-refractivity contribution is 5.84. The molecule has 1 aliphatic heterocycles. The summed E-state index contributed by atoms with van der Waals surface area (Å²) in [5.41, 5.74) is 0.